The highest BCUT2D eigenvalue weighted by molar-refractivity contribution is 5.81. The van der Waals surface area contributed by atoms with E-state index in [4.69, 9.17) is 5.73 Å². The largest absolute Gasteiger partial charge is 0.468 e. The van der Waals surface area contributed by atoms with Gasteiger partial charge in [-0.15, -0.1) is 0 Å². The molecule has 0 unspecified atom stereocenters. The molecule has 1 fully saturated rings. The van der Waals surface area contributed by atoms with Crippen LogP contribution >= 0.6 is 0 Å². The quantitative estimate of drug-likeness (QED) is 0.485. The van der Waals surface area contributed by atoms with Crippen LogP contribution in [0, 0.1) is 5.92 Å². The Hall–Kier alpha value is -0.610. The Balaban J connectivity index is 2.72. The second-order valence-electron chi connectivity index (χ2n) is 3.06. The van der Waals surface area contributed by atoms with Crippen LogP contribution in [0.1, 0.15) is 6.92 Å². The molecule has 0 saturated carbocycles. The molecule has 4 nitrogen and oxygen atoms in total. The van der Waals surface area contributed by atoms with Crippen molar-refractivity contribution in [3.63, 3.8) is 0 Å². The third-order valence-electron chi connectivity index (χ3n) is 2.31. The zero-order valence-corrected chi connectivity index (χ0v) is 6.89. The Bertz CT molecular complexity index is 172. The summed E-state index contributed by atoms with van der Waals surface area (Å²) in [5.74, 6) is -0.176. The number of carbonyl (C=O) groups excluding carboxylic acids is 1. The fourth-order valence-electron chi connectivity index (χ4n) is 1.32. The van der Waals surface area contributed by atoms with E-state index in [2.05, 4.69) is 10.1 Å². The minimum absolute atomic E-state index is 0.148. The summed E-state index contributed by atoms with van der Waals surface area (Å²) < 4.78 is 4.60. The monoisotopic (exact) mass is 158 g/mol. The summed E-state index contributed by atoms with van der Waals surface area (Å²) in [5, 5.41) is 3.05. The van der Waals surface area contributed by atoms with E-state index < -0.39 is 5.54 Å². The molecule has 0 aromatic carbocycles. The molecule has 11 heavy (non-hydrogen) atoms. The number of hydrogen-bond donors (Lipinski definition) is 2. The van der Waals surface area contributed by atoms with Crippen molar-refractivity contribution in [3.05, 3.63) is 0 Å². The van der Waals surface area contributed by atoms with Gasteiger partial charge in [0.25, 0.3) is 0 Å². The minimum Gasteiger partial charge on any atom is -0.468 e. The van der Waals surface area contributed by atoms with Crippen molar-refractivity contribution in [3.8, 4) is 0 Å². The van der Waals surface area contributed by atoms with Gasteiger partial charge in [-0.3, -0.25) is 4.79 Å². The van der Waals surface area contributed by atoms with E-state index in [1.807, 2.05) is 6.92 Å². The van der Waals surface area contributed by atoms with Crippen LogP contribution in [0.3, 0.4) is 0 Å². The molecule has 1 saturated heterocycles. The summed E-state index contributed by atoms with van der Waals surface area (Å²) in [6.45, 7) is 3.24. The van der Waals surface area contributed by atoms with Gasteiger partial charge in [0.15, 0.2) is 0 Å². The lowest BCUT2D eigenvalue weighted by Crippen LogP contribution is -2.54. The molecule has 1 aliphatic heterocycles. The van der Waals surface area contributed by atoms with E-state index in [0.29, 0.717) is 6.54 Å². The number of nitrogens with one attached hydrogen (secondary N) is 1. The molecule has 0 aliphatic carbocycles. The molecular formula is C7H14N2O2. The van der Waals surface area contributed by atoms with E-state index in [-0.39, 0.29) is 11.9 Å². The van der Waals surface area contributed by atoms with Crippen LogP contribution in [-0.2, 0) is 9.53 Å². The zero-order chi connectivity index (χ0) is 8.48. The van der Waals surface area contributed by atoms with Crippen LogP contribution < -0.4 is 11.1 Å². The van der Waals surface area contributed by atoms with Gasteiger partial charge in [0, 0.05) is 13.1 Å². The Morgan fingerprint density at radius 1 is 1.82 bits per heavy atom. The molecule has 0 amide bonds. The van der Waals surface area contributed by atoms with Crippen LogP contribution in [0.5, 0.6) is 0 Å². The second-order valence-corrected chi connectivity index (χ2v) is 3.06. The van der Waals surface area contributed by atoms with Gasteiger partial charge >= 0.3 is 5.97 Å². The van der Waals surface area contributed by atoms with Gasteiger partial charge < -0.3 is 15.8 Å². The standard InChI is InChI=1S/C7H14N2O2/c1-5-3-9-4-7(5,8)6(10)11-2/h5,9H,3-4,8H2,1-2H3/t5-,7+/m1/s1. The van der Waals surface area contributed by atoms with Crippen LogP contribution in [-0.4, -0.2) is 31.7 Å². The summed E-state index contributed by atoms with van der Waals surface area (Å²) in [5.41, 5.74) is 5.01. The molecule has 1 rings (SSSR count). The van der Waals surface area contributed by atoms with Crippen molar-refractivity contribution in [1.82, 2.24) is 5.32 Å². The van der Waals surface area contributed by atoms with Gasteiger partial charge in [-0.2, -0.15) is 0 Å². The minimum atomic E-state index is -0.811. The number of nitrogens with two attached hydrogens (primary N) is 1. The summed E-state index contributed by atoms with van der Waals surface area (Å²) in [4.78, 5) is 11.2. The van der Waals surface area contributed by atoms with E-state index in [9.17, 15) is 4.79 Å². The lowest BCUT2D eigenvalue weighted by Gasteiger charge is -2.24. The molecule has 3 N–H and O–H groups in total. The first kappa shape index (κ1) is 8.49. The highest BCUT2D eigenvalue weighted by atomic mass is 16.5. The third-order valence-corrected chi connectivity index (χ3v) is 2.31. The highest BCUT2D eigenvalue weighted by Gasteiger charge is 2.44. The average Bonchev–Trinajstić information content (AvgIpc) is 2.32. The van der Waals surface area contributed by atoms with E-state index in [0.717, 1.165) is 6.54 Å². The maximum absolute atomic E-state index is 11.2. The van der Waals surface area contributed by atoms with Crippen molar-refractivity contribution < 1.29 is 9.53 Å². The summed E-state index contributed by atoms with van der Waals surface area (Å²) in [6, 6.07) is 0. The Kier molecular flexibility index (Phi) is 2.15. The molecular weight excluding hydrogens is 144 g/mol. The van der Waals surface area contributed by atoms with Crippen molar-refractivity contribution in [1.29, 1.82) is 0 Å². The van der Waals surface area contributed by atoms with Gasteiger partial charge in [-0.05, 0) is 5.92 Å². The number of hydrogen-bond acceptors (Lipinski definition) is 4. The number of ether oxygens (including phenoxy) is 1. The Morgan fingerprint density at radius 3 is 2.82 bits per heavy atom. The lowest BCUT2D eigenvalue weighted by molar-refractivity contribution is -0.147. The molecule has 0 bridgehead atoms. The third kappa shape index (κ3) is 1.23. The molecule has 4 heteroatoms. The summed E-state index contributed by atoms with van der Waals surface area (Å²) in [6.07, 6.45) is 0. The lowest BCUT2D eigenvalue weighted by atomic mass is 9.90. The number of methoxy groups -OCH3 is 1. The van der Waals surface area contributed by atoms with Crippen LogP contribution in [0.2, 0.25) is 0 Å². The highest BCUT2D eigenvalue weighted by Crippen LogP contribution is 2.19. The topological polar surface area (TPSA) is 64.3 Å². The van der Waals surface area contributed by atoms with Crippen LogP contribution in [0.25, 0.3) is 0 Å². The maximum atomic E-state index is 11.2. The number of carbonyl (C=O) groups is 1. The molecule has 0 aromatic rings. The first-order chi connectivity index (χ1) is 5.11. The van der Waals surface area contributed by atoms with Crippen molar-refractivity contribution in [2.45, 2.75) is 12.5 Å². The predicted octanol–water partition coefficient (Wildman–Crippen LogP) is -0.904. The second kappa shape index (κ2) is 2.79. The normalized spacial score (nSPS) is 37.2. The zero-order valence-electron chi connectivity index (χ0n) is 6.89. The van der Waals surface area contributed by atoms with Crippen LogP contribution in [0.15, 0.2) is 0 Å². The molecule has 64 valence electrons. The Labute approximate surface area is 66.1 Å². The predicted molar refractivity (Wildman–Crippen MR) is 41.0 cm³/mol. The molecule has 1 heterocycles. The van der Waals surface area contributed by atoms with Gasteiger partial charge in [0.1, 0.15) is 5.54 Å². The molecule has 0 spiro atoms. The van der Waals surface area contributed by atoms with Crippen molar-refractivity contribution >= 4 is 5.97 Å². The maximum Gasteiger partial charge on any atom is 0.327 e. The number of esters is 1. The first-order valence-corrected chi connectivity index (χ1v) is 3.69. The summed E-state index contributed by atoms with van der Waals surface area (Å²) in [7, 11) is 1.36. The smallest absolute Gasteiger partial charge is 0.327 e. The first-order valence-electron chi connectivity index (χ1n) is 3.69. The van der Waals surface area contributed by atoms with E-state index in [1.54, 1.807) is 0 Å². The van der Waals surface area contributed by atoms with Gasteiger partial charge in [0.2, 0.25) is 0 Å². The molecule has 2 atom stereocenters. The fraction of sp³-hybridized carbons (Fsp3) is 0.857. The average molecular weight is 158 g/mol. The van der Waals surface area contributed by atoms with Gasteiger partial charge in [-0.25, -0.2) is 0 Å². The molecule has 0 aromatic heterocycles. The molecule has 1 aliphatic rings. The van der Waals surface area contributed by atoms with E-state index in [1.165, 1.54) is 7.11 Å². The van der Waals surface area contributed by atoms with E-state index >= 15 is 0 Å². The fourth-order valence-corrected chi connectivity index (χ4v) is 1.32. The molecule has 0 radical (unpaired) electrons. The van der Waals surface area contributed by atoms with Crippen molar-refractivity contribution in [2.75, 3.05) is 20.2 Å². The Morgan fingerprint density at radius 2 is 2.45 bits per heavy atom. The SMILES string of the molecule is COC(=O)[C@]1(N)CNC[C@H]1C. The van der Waals surface area contributed by atoms with Gasteiger partial charge in [0.05, 0.1) is 7.11 Å². The summed E-state index contributed by atoms with van der Waals surface area (Å²) >= 11 is 0. The van der Waals surface area contributed by atoms with Gasteiger partial charge in [-0.1, -0.05) is 6.92 Å². The van der Waals surface area contributed by atoms with Crippen LogP contribution in [0.4, 0.5) is 0 Å². The van der Waals surface area contributed by atoms with Crippen molar-refractivity contribution in [2.24, 2.45) is 11.7 Å². The number of rotatable bonds is 1.